The van der Waals surface area contributed by atoms with E-state index in [2.05, 4.69) is 0 Å². The zero-order valence-corrected chi connectivity index (χ0v) is 6.49. The molecule has 0 saturated carbocycles. The van der Waals surface area contributed by atoms with Crippen LogP contribution in [0.15, 0.2) is 0 Å². The number of ether oxygens (including phenoxy) is 1. The molecule has 0 aliphatic carbocycles. The molecule has 0 bridgehead atoms. The van der Waals surface area contributed by atoms with Crippen LogP contribution in [0.1, 0.15) is 0 Å². The Morgan fingerprint density at radius 1 is 1.50 bits per heavy atom. The van der Waals surface area contributed by atoms with Gasteiger partial charge in [0.25, 0.3) is 0 Å². The zero-order valence-electron chi connectivity index (χ0n) is 5.67. The molecule has 2 aliphatic rings. The van der Waals surface area contributed by atoms with Gasteiger partial charge in [-0.2, -0.15) is 0 Å². The van der Waals surface area contributed by atoms with Crippen LogP contribution in [-0.4, -0.2) is 36.3 Å². The average molecular weight is 158 g/mol. The highest BCUT2D eigenvalue weighted by Gasteiger charge is 2.49. The zero-order chi connectivity index (χ0) is 7.19. The molecule has 3 nitrogen and oxygen atoms in total. The summed E-state index contributed by atoms with van der Waals surface area (Å²) in [4.78, 5) is 2.01. The highest BCUT2D eigenvalue weighted by Crippen LogP contribution is 2.36. The number of nitrogens with two attached hydrogens (primary N) is 1. The highest BCUT2D eigenvalue weighted by molar-refractivity contribution is 7.80. The SMILES string of the molecule is NC(=S)N1CC2(COC2)C1. The van der Waals surface area contributed by atoms with Gasteiger partial charge in [0.15, 0.2) is 5.11 Å². The fourth-order valence-corrected chi connectivity index (χ4v) is 1.62. The van der Waals surface area contributed by atoms with Crippen LogP contribution in [0.25, 0.3) is 0 Å². The van der Waals surface area contributed by atoms with Crippen LogP contribution >= 0.6 is 12.2 Å². The van der Waals surface area contributed by atoms with E-state index in [1.165, 1.54) is 0 Å². The second-order valence-electron chi connectivity index (χ2n) is 3.19. The van der Waals surface area contributed by atoms with E-state index in [0.717, 1.165) is 26.3 Å². The van der Waals surface area contributed by atoms with Crippen LogP contribution in [0.4, 0.5) is 0 Å². The normalized spacial score (nSPS) is 27.4. The lowest BCUT2D eigenvalue weighted by Crippen LogP contribution is -2.67. The Balaban J connectivity index is 1.88. The molecule has 2 fully saturated rings. The number of likely N-dealkylation sites (tertiary alicyclic amines) is 1. The topological polar surface area (TPSA) is 38.5 Å². The predicted molar refractivity (Wildman–Crippen MR) is 41.6 cm³/mol. The molecule has 0 radical (unpaired) electrons. The molecule has 2 rings (SSSR count). The monoisotopic (exact) mass is 158 g/mol. The van der Waals surface area contributed by atoms with Crippen molar-refractivity contribution in [3.63, 3.8) is 0 Å². The van der Waals surface area contributed by atoms with Gasteiger partial charge >= 0.3 is 0 Å². The lowest BCUT2D eigenvalue weighted by atomic mass is 9.78. The Morgan fingerprint density at radius 2 is 2.10 bits per heavy atom. The van der Waals surface area contributed by atoms with E-state index in [-0.39, 0.29) is 0 Å². The molecule has 2 N–H and O–H groups in total. The van der Waals surface area contributed by atoms with Crippen molar-refractivity contribution in [2.75, 3.05) is 26.3 Å². The molecule has 4 heteroatoms. The first-order chi connectivity index (χ1) is 4.72. The van der Waals surface area contributed by atoms with Gasteiger partial charge in [-0.15, -0.1) is 0 Å². The summed E-state index contributed by atoms with van der Waals surface area (Å²) in [6, 6.07) is 0. The van der Waals surface area contributed by atoms with Gasteiger partial charge in [-0.1, -0.05) is 0 Å². The van der Waals surface area contributed by atoms with E-state index in [4.69, 9.17) is 22.7 Å². The van der Waals surface area contributed by atoms with Gasteiger partial charge in [0.05, 0.1) is 18.6 Å². The van der Waals surface area contributed by atoms with Crippen molar-refractivity contribution in [2.45, 2.75) is 0 Å². The number of nitrogens with zero attached hydrogens (tertiary/aromatic N) is 1. The third-order valence-corrected chi connectivity index (χ3v) is 2.44. The van der Waals surface area contributed by atoms with E-state index < -0.39 is 0 Å². The fourth-order valence-electron chi connectivity index (χ4n) is 1.49. The van der Waals surface area contributed by atoms with E-state index >= 15 is 0 Å². The molecule has 0 aromatic carbocycles. The van der Waals surface area contributed by atoms with Crippen molar-refractivity contribution in [3.8, 4) is 0 Å². The lowest BCUT2D eigenvalue weighted by Gasteiger charge is -2.55. The Bertz CT molecular complexity index is 171. The molecule has 0 aromatic rings. The maximum absolute atomic E-state index is 5.41. The lowest BCUT2D eigenvalue weighted by molar-refractivity contribution is -0.170. The minimum atomic E-state index is 0.434. The van der Waals surface area contributed by atoms with Crippen LogP contribution in [-0.2, 0) is 4.74 Å². The molecule has 0 unspecified atom stereocenters. The van der Waals surface area contributed by atoms with Gasteiger partial charge in [-0.3, -0.25) is 0 Å². The summed E-state index contributed by atoms with van der Waals surface area (Å²) in [6.07, 6.45) is 0. The largest absolute Gasteiger partial charge is 0.380 e. The smallest absolute Gasteiger partial charge is 0.166 e. The maximum atomic E-state index is 5.41. The van der Waals surface area contributed by atoms with Gasteiger partial charge < -0.3 is 15.4 Å². The second-order valence-corrected chi connectivity index (χ2v) is 3.61. The predicted octanol–water partition coefficient (Wildman–Crippen LogP) is -0.438. The van der Waals surface area contributed by atoms with Crippen molar-refractivity contribution in [3.05, 3.63) is 0 Å². The molecule has 0 amide bonds. The first-order valence-electron chi connectivity index (χ1n) is 3.34. The number of rotatable bonds is 0. The van der Waals surface area contributed by atoms with Gasteiger partial charge in [0.1, 0.15) is 0 Å². The first kappa shape index (κ1) is 6.37. The Morgan fingerprint density at radius 3 is 2.40 bits per heavy atom. The van der Waals surface area contributed by atoms with Crippen molar-refractivity contribution in [1.82, 2.24) is 4.90 Å². The van der Waals surface area contributed by atoms with Crippen molar-refractivity contribution in [1.29, 1.82) is 0 Å². The van der Waals surface area contributed by atoms with Gasteiger partial charge in [-0.05, 0) is 12.2 Å². The van der Waals surface area contributed by atoms with Crippen LogP contribution in [0, 0.1) is 5.41 Å². The van der Waals surface area contributed by atoms with Crippen LogP contribution in [0.3, 0.4) is 0 Å². The summed E-state index contributed by atoms with van der Waals surface area (Å²) in [7, 11) is 0. The third-order valence-electron chi connectivity index (χ3n) is 2.18. The van der Waals surface area contributed by atoms with Crippen molar-refractivity contribution < 1.29 is 4.74 Å². The molecule has 1 spiro atoms. The van der Waals surface area contributed by atoms with E-state index in [9.17, 15) is 0 Å². The maximum Gasteiger partial charge on any atom is 0.166 e. The molecular weight excluding hydrogens is 148 g/mol. The Kier molecular flexibility index (Phi) is 1.16. The average Bonchev–Trinajstić information content (AvgIpc) is 1.54. The third kappa shape index (κ3) is 0.722. The quantitative estimate of drug-likeness (QED) is 0.485. The number of hydrogen-bond acceptors (Lipinski definition) is 2. The molecule has 2 heterocycles. The second kappa shape index (κ2) is 1.83. The minimum absolute atomic E-state index is 0.434. The van der Waals surface area contributed by atoms with Gasteiger partial charge in [0.2, 0.25) is 0 Å². The number of thiocarbonyl (C=S) groups is 1. The molecule has 56 valence electrons. The van der Waals surface area contributed by atoms with Crippen LogP contribution < -0.4 is 5.73 Å². The Labute approximate surface area is 65.1 Å². The summed E-state index contributed by atoms with van der Waals surface area (Å²) in [5.74, 6) is 0. The van der Waals surface area contributed by atoms with Crippen LogP contribution in [0.5, 0.6) is 0 Å². The van der Waals surface area contributed by atoms with E-state index in [1.54, 1.807) is 0 Å². The first-order valence-corrected chi connectivity index (χ1v) is 3.75. The van der Waals surface area contributed by atoms with Gasteiger partial charge in [0, 0.05) is 13.1 Å². The summed E-state index contributed by atoms with van der Waals surface area (Å²) in [5, 5.41) is 0.525. The van der Waals surface area contributed by atoms with Crippen molar-refractivity contribution >= 4 is 17.3 Å². The fraction of sp³-hybridized carbons (Fsp3) is 0.833. The minimum Gasteiger partial charge on any atom is -0.380 e. The molecule has 0 aromatic heterocycles. The van der Waals surface area contributed by atoms with E-state index in [0.29, 0.717) is 10.5 Å². The molecule has 2 aliphatic heterocycles. The molecule has 0 atom stereocenters. The number of hydrogen-bond donors (Lipinski definition) is 1. The standard InChI is InChI=1S/C6H10N2OS/c7-5(10)8-1-6(2-8)3-9-4-6/h1-4H2,(H2,7,10). The molecule has 10 heavy (non-hydrogen) atoms. The van der Waals surface area contributed by atoms with E-state index in [1.807, 2.05) is 4.90 Å². The molecule has 2 saturated heterocycles. The highest BCUT2D eigenvalue weighted by atomic mass is 32.1. The molecular formula is C6H10N2OS. The summed E-state index contributed by atoms with van der Waals surface area (Å²) in [5.41, 5.74) is 5.85. The summed E-state index contributed by atoms with van der Waals surface area (Å²) in [6.45, 7) is 3.79. The summed E-state index contributed by atoms with van der Waals surface area (Å²) < 4.78 is 5.10. The van der Waals surface area contributed by atoms with Crippen molar-refractivity contribution in [2.24, 2.45) is 11.1 Å². The van der Waals surface area contributed by atoms with Gasteiger partial charge in [-0.25, -0.2) is 0 Å². The van der Waals surface area contributed by atoms with Crippen LogP contribution in [0.2, 0.25) is 0 Å². The Hall–Kier alpha value is -0.350. The summed E-state index contributed by atoms with van der Waals surface area (Å²) >= 11 is 4.81.